The van der Waals surface area contributed by atoms with Crippen molar-refractivity contribution in [1.29, 1.82) is 0 Å². The molecule has 1 amide bonds. The van der Waals surface area contributed by atoms with E-state index in [1.807, 2.05) is 24.3 Å². The highest BCUT2D eigenvalue weighted by molar-refractivity contribution is 9.10. The van der Waals surface area contributed by atoms with Gasteiger partial charge in [-0.05, 0) is 43.9 Å². The molecule has 3 rings (SSSR count). The molecule has 1 saturated carbocycles. The second-order valence-electron chi connectivity index (χ2n) is 6.94. The van der Waals surface area contributed by atoms with Crippen LogP contribution in [0.25, 0.3) is 0 Å². The van der Waals surface area contributed by atoms with E-state index in [0.717, 1.165) is 30.3 Å². The third-order valence-electron chi connectivity index (χ3n) is 4.68. The molecule has 1 aromatic heterocycles. The van der Waals surface area contributed by atoms with Crippen molar-refractivity contribution in [2.75, 3.05) is 0 Å². The number of halogens is 4. The predicted molar refractivity (Wildman–Crippen MR) is 92.3 cm³/mol. The monoisotopic (exact) mass is 430 g/mol. The molecule has 0 bridgehead atoms. The zero-order valence-electron chi connectivity index (χ0n) is 14.2. The van der Waals surface area contributed by atoms with Crippen molar-refractivity contribution in [3.8, 4) is 0 Å². The van der Waals surface area contributed by atoms with Gasteiger partial charge in [-0.3, -0.25) is 9.89 Å². The van der Waals surface area contributed by atoms with Crippen LogP contribution < -0.4 is 5.32 Å². The van der Waals surface area contributed by atoms with Gasteiger partial charge in [0.1, 0.15) is 11.2 Å². The quantitative estimate of drug-likeness (QED) is 0.756. The van der Waals surface area contributed by atoms with E-state index < -0.39 is 11.6 Å². The summed E-state index contributed by atoms with van der Waals surface area (Å²) in [6.07, 6.45) is -3.69. The Labute approximate surface area is 156 Å². The molecule has 1 fully saturated rings. The molecule has 2 N–H and O–H groups in total. The van der Waals surface area contributed by atoms with Gasteiger partial charge in [0.15, 0.2) is 5.82 Å². The Kier molecular flexibility index (Phi) is 4.85. The normalized spacial score (nSPS) is 20.1. The minimum absolute atomic E-state index is 0.00711. The summed E-state index contributed by atoms with van der Waals surface area (Å²) < 4.78 is 40.1. The van der Waals surface area contributed by atoms with E-state index in [2.05, 4.69) is 36.4 Å². The number of alkyl halides is 3. The fourth-order valence-electron chi connectivity index (χ4n) is 2.65. The van der Waals surface area contributed by atoms with Crippen LogP contribution in [0.4, 0.5) is 13.2 Å². The van der Waals surface area contributed by atoms with Crippen LogP contribution in [-0.2, 0) is 16.8 Å². The highest BCUT2D eigenvalue weighted by Crippen LogP contribution is 2.47. The van der Waals surface area contributed by atoms with Crippen LogP contribution in [0.15, 0.2) is 28.7 Å². The van der Waals surface area contributed by atoms with Crippen molar-refractivity contribution in [1.82, 2.24) is 20.5 Å². The Morgan fingerprint density at radius 1 is 1.31 bits per heavy atom. The number of benzene rings is 1. The van der Waals surface area contributed by atoms with Crippen molar-refractivity contribution >= 4 is 21.8 Å². The first-order chi connectivity index (χ1) is 12.1. The predicted octanol–water partition coefficient (Wildman–Crippen LogP) is 3.83. The molecule has 9 heteroatoms. The number of rotatable bonds is 5. The van der Waals surface area contributed by atoms with Crippen molar-refractivity contribution in [3.63, 3.8) is 0 Å². The van der Waals surface area contributed by atoms with E-state index in [0.29, 0.717) is 0 Å². The van der Waals surface area contributed by atoms with Gasteiger partial charge < -0.3 is 5.32 Å². The molecule has 2 aromatic rings. The average Bonchev–Trinajstić information content (AvgIpc) is 3.21. The number of hydrogen-bond acceptors (Lipinski definition) is 3. The molecule has 5 nitrogen and oxygen atoms in total. The summed E-state index contributed by atoms with van der Waals surface area (Å²) in [7, 11) is 0. The number of amides is 1. The summed E-state index contributed by atoms with van der Waals surface area (Å²) in [4.78, 5) is 16.1. The van der Waals surface area contributed by atoms with Crippen molar-refractivity contribution in [3.05, 3.63) is 46.0 Å². The molecular weight excluding hydrogens is 413 g/mol. The largest absolute Gasteiger partial charge is 0.400 e. The lowest BCUT2D eigenvalue weighted by Gasteiger charge is -2.24. The first-order valence-electron chi connectivity index (χ1n) is 8.11. The van der Waals surface area contributed by atoms with Crippen molar-refractivity contribution in [2.45, 2.75) is 44.3 Å². The van der Waals surface area contributed by atoms with E-state index >= 15 is 0 Å². The lowest BCUT2D eigenvalue weighted by molar-refractivity contribution is -0.182. The molecule has 0 unspecified atom stereocenters. The number of hydrogen-bond donors (Lipinski definition) is 2. The standard InChI is InChI=1S/C17H18BrF3N4O/c1-16(2,17(19,20)21)15-23-13(24-25-15)8-22-14(26)12-7-11(12)9-3-5-10(18)6-4-9/h3-6,11-12H,7-8H2,1-2H3,(H,22,26)(H,23,24,25)/t11-,12+/m1/s1. The second kappa shape index (κ2) is 6.68. The minimum atomic E-state index is -4.45. The molecule has 0 radical (unpaired) electrons. The van der Waals surface area contributed by atoms with Crippen molar-refractivity contribution in [2.24, 2.45) is 5.92 Å². The topological polar surface area (TPSA) is 70.7 Å². The Morgan fingerprint density at radius 3 is 2.58 bits per heavy atom. The van der Waals surface area contributed by atoms with E-state index in [9.17, 15) is 18.0 Å². The highest BCUT2D eigenvalue weighted by Gasteiger charge is 2.51. The van der Waals surface area contributed by atoms with Gasteiger partial charge in [-0.2, -0.15) is 18.3 Å². The first kappa shape index (κ1) is 18.9. The molecule has 1 aliphatic rings. The summed E-state index contributed by atoms with van der Waals surface area (Å²) in [6, 6.07) is 7.81. The summed E-state index contributed by atoms with van der Waals surface area (Å²) in [5.74, 6) is -0.226. The zero-order valence-corrected chi connectivity index (χ0v) is 15.8. The van der Waals surface area contributed by atoms with Crippen LogP contribution in [0.1, 0.15) is 43.4 Å². The van der Waals surface area contributed by atoms with Crippen molar-refractivity contribution < 1.29 is 18.0 Å². The number of carbonyl (C=O) groups excluding carboxylic acids is 1. The molecule has 0 aliphatic heterocycles. The van der Waals surface area contributed by atoms with Crippen LogP contribution in [0.2, 0.25) is 0 Å². The molecule has 0 spiro atoms. The Balaban J connectivity index is 1.56. The van der Waals surface area contributed by atoms with Crippen LogP contribution in [0.5, 0.6) is 0 Å². The van der Waals surface area contributed by atoms with Gasteiger partial charge in [-0.1, -0.05) is 28.1 Å². The number of nitrogens with one attached hydrogen (secondary N) is 2. The summed E-state index contributed by atoms with van der Waals surface area (Å²) in [6.45, 7) is 2.05. The van der Waals surface area contributed by atoms with Gasteiger partial charge >= 0.3 is 6.18 Å². The summed E-state index contributed by atoms with van der Waals surface area (Å²) in [5.41, 5.74) is -1.04. The molecule has 1 heterocycles. The maximum atomic E-state index is 13.0. The number of carbonyl (C=O) groups is 1. The van der Waals surface area contributed by atoms with Gasteiger partial charge in [-0.15, -0.1) is 0 Å². The summed E-state index contributed by atoms with van der Waals surface area (Å²) in [5, 5.41) is 8.80. The third kappa shape index (κ3) is 3.77. The van der Waals surface area contributed by atoms with Gasteiger partial charge in [-0.25, -0.2) is 4.98 Å². The van der Waals surface area contributed by atoms with E-state index in [1.54, 1.807) is 0 Å². The summed E-state index contributed by atoms with van der Waals surface area (Å²) >= 11 is 3.37. The number of H-pyrrole nitrogens is 1. The fourth-order valence-corrected chi connectivity index (χ4v) is 2.91. The van der Waals surface area contributed by atoms with Gasteiger partial charge in [0.25, 0.3) is 0 Å². The maximum Gasteiger partial charge on any atom is 0.400 e. The van der Waals surface area contributed by atoms with E-state index in [-0.39, 0.29) is 35.9 Å². The molecule has 1 aliphatic carbocycles. The van der Waals surface area contributed by atoms with E-state index in [4.69, 9.17) is 0 Å². The zero-order chi connectivity index (χ0) is 19.1. The first-order valence-corrected chi connectivity index (χ1v) is 8.90. The molecule has 0 saturated heterocycles. The second-order valence-corrected chi connectivity index (χ2v) is 7.86. The number of aromatic nitrogens is 3. The van der Waals surface area contributed by atoms with Gasteiger partial charge in [0.2, 0.25) is 5.91 Å². The smallest absolute Gasteiger partial charge is 0.348 e. The lowest BCUT2D eigenvalue weighted by atomic mass is 9.92. The fraction of sp³-hybridized carbons (Fsp3) is 0.471. The Morgan fingerprint density at radius 2 is 1.96 bits per heavy atom. The number of aromatic amines is 1. The highest BCUT2D eigenvalue weighted by atomic mass is 79.9. The molecule has 26 heavy (non-hydrogen) atoms. The molecule has 1 aromatic carbocycles. The van der Waals surface area contributed by atoms with Gasteiger partial charge in [0.05, 0.1) is 6.54 Å². The SMILES string of the molecule is CC(C)(c1nc(CNC(=O)[C@H]2C[C@@H]2c2ccc(Br)cc2)n[nH]1)C(F)(F)F. The van der Waals surface area contributed by atoms with Crippen LogP contribution in [0.3, 0.4) is 0 Å². The molecular formula is C17H18BrF3N4O. The molecule has 2 atom stereocenters. The average molecular weight is 431 g/mol. The molecule has 140 valence electrons. The minimum Gasteiger partial charge on any atom is -0.348 e. The third-order valence-corrected chi connectivity index (χ3v) is 5.21. The maximum absolute atomic E-state index is 13.0. The van der Waals surface area contributed by atoms with Crippen LogP contribution in [0, 0.1) is 5.92 Å². The van der Waals surface area contributed by atoms with Crippen LogP contribution >= 0.6 is 15.9 Å². The number of nitrogens with zero attached hydrogens (tertiary/aromatic N) is 2. The van der Waals surface area contributed by atoms with Gasteiger partial charge in [0, 0.05) is 10.4 Å². The van der Waals surface area contributed by atoms with E-state index in [1.165, 1.54) is 0 Å². The van der Waals surface area contributed by atoms with Crippen LogP contribution in [-0.4, -0.2) is 27.3 Å². The lowest BCUT2D eigenvalue weighted by Crippen LogP contribution is -2.37. The Bertz CT molecular complexity index is 801. The Hall–Kier alpha value is -1.90.